The van der Waals surface area contributed by atoms with Crippen molar-refractivity contribution in [3.63, 3.8) is 0 Å². The molecule has 0 amide bonds. The van der Waals surface area contributed by atoms with Gasteiger partial charge in [0, 0.05) is 5.69 Å². The van der Waals surface area contributed by atoms with Gasteiger partial charge in [0.25, 0.3) is 0 Å². The van der Waals surface area contributed by atoms with Crippen LogP contribution in [0.2, 0.25) is 0 Å². The lowest BCUT2D eigenvalue weighted by atomic mass is 10.1. The summed E-state index contributed by atoms with van der Waals surface area (Å²) in [5.41, 5.74) is 9.71. The number of ether oxygens (including phenoxy) is 1. The Morgan fingerprint density at radius 2 is 1.84 bits per heavy atom. The fraction of sp³-hybridized carbons (Fsp3) is 0.286. The first-order valence-electron chi connectivity index (χ1n) is 6.18. The van der Waals surface area contributed by atoms with Gasteiger partial charge >= 0.3 is 0 Å². The first-order chi connectivity index (χ1) is 9.10. The van der Waals surface area contributed by atoms with Gasteiger partial charge in [0.2, 0.25) is 5.88 Å². The van der Waals surface area contributed by atoms with Gasteiger partial charge in [0.05, 0.1) is 6.61 Å². The second-order valence-corrected chi connectivity index (χ2v) is 4.38. The van der Waals surface area contributed by atoms with Gasteiger partial charge in [-0.25, -0.2) is 4.98 Å². The Balaban J connectivity index is 2.30. The zero-order valence-corrected chi connectivity index (χ0v) is 11.4. The number of aryl methyl sites for hydroxylation is 2. The number of nitrogens with two attached hydrogens (primary N) is 1. The Labute approximate surface area is 112 Å². The van der Waals surface area contributed by atoms with E-state index in [1.165, 1.54) is 17.5 Å². The maximum absolute atomic E-state index is 5.98. The van der Waals surface area contributed by atoms with Crippen LogP contribution in [-0.4, -0.2) is 16.6 Å². The lowest BCUT2D eigenvalue weighted by Gasteiger charge is -2.12. The van der Waals surface area contributed by atoms with E-state index in [1.807, 2.05) is 32.9 Å². The molecule has 0 bridgehead atoms. The molecule has 1 aromatic carbocycles. The van der Waals surface area contributed by atoms with Crippen LogP contribution in [0.4, 0.5) is 17.2 Å². The molecule has 1 heterocycles. The van der Waals surface area contributed by atoms with E-state index in [4.69, 9.17) is 10.5 Å². The van der Waals surface area contributed by atoms with Crippen LogP contribution in [0, 0.1) is 13.8 Å². The summed E-state index contributed by atoms with van der Waals surface area (Å²) in [7, 11) is 0. The Morgan fingerprint density at radius 1 is 1.16 bits per heavy atom. The molecule has 0 aliphatic rings. The third-order valence-electron chi connectivity index (χ3n) is 2.61. The summed E-state index contributed by atoms with van der Waals surface area (Å²) in [5.74, 6) is 0.966. The Morgan fingerprint density at radius 3 is 2.47 bits per heavy atom. The molecule has 3 N–H and O–H groups in total. The number of aromatic nitrogens is 2. The van der Waals surface area contributed by atoms with Gasteiger partial charge < -0.3 is 15.8 Å². The van der Waals surface area contributed by atoms with Crippen LogP contribution in [0.3, 0.4) is 0 Å². The molecule has 100 valence electrons. The van der Waals surface area contributed by atoms with E-state index in [0.717, 1.165) is 5.69 Å². The van der Waals surface area contributed by atoms with Gasteiger partial charge in [-0.1, -0.05) is 6.07 Å². The minimum absolute atomic E-state index is 0.407. The largest absolute Gasteiger partial charge is 0.476 e. The summed E-state index contributed by atoms with van der Waals surface area (Å²) in [6, 6.07) is 6.18. The fourth-order valence-corrected chi connectivity index (χ4v) is 1.91. The number of anilines is 3. The number of nitrogen functional groups attached to an aromatic ring is 1. The summed E-state index contributed by atoms with van der Waals surface area (Å²) < 4.78 is 5.35. The molecule has 0 spiro atoms. The normalized spacial score (nSPS) is 10.3. The van der Waals surface area contributed by atoms with Gasteiger partial charge in [-0.05, 0) is 44.0 Å². The maximum atomic E-state index is 5.98. The van der Waals surface area contributed by atoms with Crippen molar-refractivity contribution in [3.8, 4) is 5.88 Å². The van der Waals surface area contributed by atoms with E-state index in [9.17, 15) is 0 Å². The van der Waals surface area contributed by atoms with Gasteiger partial charge in [-0.3, -0.25) is 0 Å². The number of hydrogen-bond donors (Lipinski definition) is 2. The third kappa shape index (κ3) is 3.13. The van der Waals surface area contributed by atoms with Gasteiger partial charge in [0.15, 0.2) is 5.82 Å². The van der Waals surface area contributed by atoms with E-state index in [2.05, 4.69) is 21.4 Å². The Bertz CT molecular complexity index is 563. The van der Waals surface area contributed by atoms with Crippen molar-refractivity contribution in [2.75, 3.05) is 17.7 Å². The molecule has 0 saturated carbocycles. The summed E-state index contributed by atoms with van der Waals surface area (Å²) in [5, 5.41) is 3.20. The molecule has 2 aromatic rings. The molecule has 5 heteroatoms. The minimum atomic E-state index is 0.407. The fourth-order valence-electron chi connectivity index (χ4n) is 1.91. The highest BCUT2D eigenvalue weighted by Gasteiger charge is 2.09. The zero-order valence-electron chi connectivity index (χ0n) is 11.4. The lowest BCUT2D eigenvalue weighted by molar-refractivity contribution is 0.328. The standard InChI is InChI=1S/C14H18N4O/c1-4-19-14-12(15)13(16-8-17-14)18-11-6-9(2)5-10(3)7-11/h5-8H,4,15H2,1-3H3,(H,16,17,18). The van der Waals surface area contributed by atoms with Gasteiger partial charge in [0.1, 0.15) is 12.0 Å². The van der Waals surface area contributed by atoms with Gasteiger partial charge in [-0.2, -0.15) is 4.98 Å². The van der Waals surface area contributed by atoms with Crippen molar-refractivity contribution in [3.05, 3.63) is 35.7 Å². The second-order valence-electron chi connectivity index (χ2n) is 4.38. The predicted molar refractivity (Wildman–Crippen MR) is 76.8 cm³/mol. The van der Waals surface area contributed by atoms with Crippen molar-refractivity contribution in [2.24, 2.45) is 0 Å². The third-order valence-corrected chi connectivity index (χ3v) is 2.61. The smallest absolute Gasteiger partial charge is 0.242 e. The maximum Gasteiger partial charge on any atom is 0.242 e. The molecule has 1 aromatic heterocycles. The van der Waals surface area contributed by atoms with Crippen LogP contribution >= 0.6 is 0 Å². The molecular weight excluding hydrogens is 240 g/mol. The predicted octanol–water partition coefficient (Wildman–Crippen LogP) is 2.82. The molecule has 5 nitrogen and oxygen atoms in total. The zero-order chi connectivity index (χ0) is 13.8. The summed E-state index contributed by atoms with van der Waals surface area (Å²) in [6.07, 6.45) is 1.44. The molecule has 0 unspecified atom stereocenters. The lowest BCUT2D eigenvalue weighted by Crippen LogP contribution is -2.05. The molecule has 19 heavy (non-hydrogen) atoms. The molecule has 0 aliphatic heterocycles. The molecule has 0 fully saturated rings. The van der Waals surface area contributed by atoms with E-state index >= 15 is 0 Å². The number of benzene rings is 1. The molecule has 0 radical (unpaired) electrons. The molecule has 2 rings (SSSR count). The molecule has 0 aliphatic carbocycles. The highest BCUT2D eigenvalue weighted by Crippen LogP contribution is 2.27. The first kappa shape index (κ1) is 13.1. The van der Waals surface area contributed by atoms with Crippen molar-refractivity contribution >= 4 is 17.2 Å². The van der Waals surface area contributed by atoms with Crippen LogP contribution in [0.1, 0.15) is 18.1 Å². The van der Waals surface area contributed by atoms with Crippen molar-refractivity contribution in [1.29, 1.82) is 0 Å². The number of rotatable bonds is 4. The average Bonchev–Trinajstić information content (AvgIpc) is 2.33. The van der Waals surface area contributed by atoms with E-state index in [0.29, 0.717) is 24.0 Å². The summed E-state index contributed by atoms with van der Waals surface area (Å²) in [4.78, 5) is 8.16. The SMILES string of the molecule is CCOc1ncnc(Nc2cc(C)cc(C)c2)c1N. The van der Waals surface area contributed by atoms with E-state index in [1.54, 1.807) is 0 Å². The van der Waals surface area contributed by atoms with Crippen molar-refractivity contribution in [1.82, 2.24) is 9.97 Å². The molecule has 0 atom stereocenters. The number of nitrogens with zero attached hydrogens (tertiary/aromatic N) is 2. The van der Waals surface area contributed by atoms with Gasteiger partial charge in [-0.15, -0.1) is 0 Å². The van der Waals surface area contributed by atoms with Crippen LogP contribution in [0.5, 0.6) is 5.88 Å². The molecule has 0 saturated heterocycles. The summed E-state index contributed by atoms with van der Waals surface area (Å²) >= 11 is 0. The van der Waals surface area contributed by atoms with Crippen LogP contribution < -0.4 is 15.8 Å². The van der Waals surface area contributed by atoms with Crippen LogP contribution in [0.15, 0.2) is 24.5 Å². The first-order valence-corrected chi connectivity index (χ1v) is 6.18. The van der Waals surface area contributed by atoms with E-state index < -0.39 is 0 Å². The highest BCUT2D eigenvalue weighted by atomic mass is 16.5. The van der Waals surface area contributed by atoms with Crippen LogP contribution in [-0.2, 0) is 0 Å². The molecular formula is C14H18N4O. The average molecular weight is 258 g/mol. The quantitative estimate of drug-likeness (QED) is 0.882. The Hall–Kier alpha value is -2.30. The van der Waals surface area contributed by atoms with Crippen molar-refractivity contribution in [2.45, 2.75) is 20.8 Å². The monoisotopic (exact) mass is 258 g/mol. The Kier molecular flexibility index (Phi) is 3.85. The number of nitrogens with one attached hydrogen (secondary N) is 1. The second kappa shape index (κ2) is 5.56. The van der Waals surface area contributed by atoms with Crippen LogP contribution in [0.25, 0.3) is 0 Å². The van der Waals surface area contributed by atoms with Crippen molar-refractivity contribution < 1.29 is 4.74 Å². The summed E-state index contributed by atoms with van der Waals surface area (Å²) in [6.45, 7) is 6.50. The number of hydrogen-bond acceptors (Lipinski definition) is 5. The highest BCUT2D eigenvalue weighted by molar-refractivity contribution is 5.72. The van der Waals surface area contributed by atoms with E-state index in [-0.39, 0.29) is 0 Å². The topological polar surface area (TPSA) is 73.1 Å². The minimum Gasteiger partial charge on any atom is -0.476 e.